The smallest absolute Gasteiger partial charge is 0.248 e. The summed E-state index contributed by atoms with van der Waals surface area (Å²) in [6.07, 6.45) is 2.92. The highest BCUT2D eigenvalue weighted by Gasteiger charge is 2.32. The molecule has 2 rings (SSSR count). The van der Waals surface area contributed by atoms with Gasteiger partial charge in [-0.05, 0) is 31.0 Å². The van der Waals surface area contributed by atoms with Gasteiger partial charge in [0.15, 0.2) is 0 Å². The lowest BCUT2D eigenvalue weighted by atomic mass is 10.0. The molecule has 1 fully saturated rings. The van der Waals surface area contributed by atoms with Crippen molar-refractivity contribution in [1.29, 1.82) is 0 Å². The maximum atomic E-state index is 12.2. The number of nitrogens with two attached hydrogens (primary N) is 2. The zero-order chi connectivity index (χ0) is 15.7. The number of primary amides is 1. The summed E-state index contributed by atoms with van der Waals surface area (Å²) >= 11 is 0. The second-order valence-electron chi connectivity index (χ2n) is 5.37. The Hall–Kier alpha value is -1.64. The molecule has 0 heterocycles. The van der Waals surface area contributed by atoms with Crippen molar-refractivity contribution >= 4 is 21.6 Å². The first-order chi connectivity index (χ1) is 9.73. The average Bonchev–Trinajstić information content (AvgIpc) is 2.84. The summed E-state index contributed by atoms with van der Waals surface area (Å²) in [6.45, 7) is -0.0493. The van der Waals surface area contributed by atoms with Gasteiger partial charge in [0.1, 0.15) is 4.90 Å². The van der Waals surface area contributed by atoms with Crippen LogP contribution in [0.4, 0.5) is 5.69 Å². The lowest BCUT2D eigenvalue weighted by molar-refractivity contribution is 0.0531. The van der Waals surface area contributed by atoms with Gasteiger partial charge in [-0.2, -0.15) is 0 Å². The number of nitrogen functional groups attached to an aromatic ring is 1. The summed E-state index contributed by atoms with van der Waals surface area (Å²) in [5.74, 6) is -0.682. The highest BCUT2D eigenvalue weighted by atomic mass is 32.2. The Kier molecular flexibility index (Phi) is 4.22. The molecular weight excluding hydrogens is 294 g/mol. The Morgan fingerprint density at radius 3 is 2.48 bits per heavy atom. The first-order valence-corrected chi connectivity index (χ1v) is 8.13. The van der Waals surface area contributed by atoms with Crippen LogP contribution in [-0.4, -0.2) is 31.6 Å². The predicted molar refractivity (Wildman–Crippen MR) is 78.0 cm³/mol. The summed E-state index contributed by atoms with van der Waals surface area (Å²) < 4.78 is 26.8. The molecule has 0 aliphatic heterocycles. The molecule has 0 spiro atoms. The largest absolute Gasteiger partial charge is 0.398 e. The van der Waals surface area contributed by atoms with Crippen LogP contribution in [-0.2, 0) is 10.0 Å². The number of benzene rings is 1. The summed E-state index contributed by atoms with van der Waals surface area (Å²) in [4.78, 5) is 10.9. The van der Waals surface area contributed by atoms with Crippen molar-refractivity contribution in [1.82, 2.24) is 4.72 Å². The van der Waals surface area contributed by atoms with E-state index >= 15 is 0 Å². The van der Waals surface area contributed by atoms with E-state index in [9.17, 15) is 18.3 Å². The topological polar surface area (TPSA) is 136 Å². The zero-order valence-electron chi connectivity index (χ0n) is 11.5. The summed E-state index contributed by atoms with van der Waals surface area (Å²) in [5.41, 5.74) is 9.87. The van der Waals surface area contributed by atoms with Crippen molar-refractivity contribution in [2.45, 2.75) is 36.2 Å². The fourth-order valence-corrected chi connectivity index (χ4v) is 3.69. The van der Waals surface area contributed by atoms with Gasteiger partial charge in [0, 0.05) is 12.1 Å². The van der Waals surface area contributed by atoms with E-state index in [2.05, 4.69) is 4.72 Å². The molecule has 0 atom stereocenters. The summed E-state index contributed by atoms with van der Waals surface area (Å²) in [5, 5.41) is 10.2. The molecule has 1 saturated carbocycles. The van der Waals surface area contributed by atoms with E-state index in [-0.39, 0.29) is 22.7 Å². The molecular formula is C13H19N3O4S. The van der Waals surface area contributed by atoms with Gasteiger partial charge in [0.25, 0.3) is 0 Å². The number of carbonyl (C=O) groups is 1. The van der Waals surface area contributed by atoms with Crippen LogP contribution < -0.4 is 16.2 Å². The van der Waals surface area contributed by atoms with Gasteiger partial charge in [-0.25, -0.2) is 13.1 Å². The number of anilines is 1. The number of amides is 1. The van der Waals surface area contributed by atoms with Crippen molar-refractivity contribution in [2.75, 3.05) is 12.3 Å². The van der Waals surface area contributed by atoms with E-state index < -0.39 is 21.5 Å². The molecule has 0 unspecified atom stereocenters. The van der Waals surface area contributed by atoms with Gasteiger partial charge in [-0.3, -0.25) is 4.79 Å². The summed E-state index contributed by atoms with van der Waals surface area (Å²) in [7, 11) is -3.85. The third kappa shape index (κ3) is 3.52. The van der Waals surface area contributed by atoms with Gasteiger partial charge < -0.3 is 16.6 Å². The Balaban J connectivity index is 2.17. The second kappa shape index (κ2) is 5.63. The first-order valence-electron chi connectivity index (χ1n) is 6.65. The number of hydrogen-bond acceptors (Lipinski definition) is 5. The van der Waals surface area contributed by atoms with Crippen LogP contribution in [0, 0.1) is 0 Å². The van der Waals surface area contributed by atoms with Crippen molar-refractivity contribution in [3.8, 4) is 0 Å². The quantitative estimate of drug-likeness (QED) is 0.565. The van der Waals surface area contributed by atoms with Crippen LogP contribution in [0.5, 0.6) is 0 Å². The SMILES string of the molecule is NC(=O)c1ccc(S(=O)(=O)NCC2(O)CCCC2)c(N)c1. The Morgan fingerprint density at radius 1 is 1.33 bits per heavy atom. The molecule has 116 valence electrons. The molecule has 1 aromatic rings. The Labute approximate surface area is 123 Å². The summed E-state index contributed by atoms with van der Waals surface area (Å²) in [6, 6.07) is 3.76. The molecule has 1 aliphatic carbocycles. The second-order valence-corrected chi connectivity index (χ2v) is 7.11. The predicted octanol–water partition coefficient (Wildman–Crippen LogP) is -0.0489. The van der Waals surface area contributed by atoms with E-state index in [1.165, 1.54) is 18.2 Å². The van der Waals surface area contributed by atoms with Crippen LogP contribution in [0.3, 0.4) is 0 Å². The lowest BCUT2D eigenvalue weighted by Gasteiger charge is -2.22. The Morgan fingerprint density at radius 2 is 1.95 bits per heavy atom. The molecule has 0 bridgehead atoms. The maximum absolute atomic E-state index is 12.2. The van der Waals surface area contributed by atoms with E-state index in [0.717, 1.165) is 12.8 Å². The number of aliphatic hydroxyl groups is 1. The number of hydrogen-bond donors (Lipinski definition) is 4. The van der Waals surface area contributed by atoms with Crippen LogP contribution in [0.25, 0.3) is 0 Å². The molecule has 7 nitrogen and oxygen atoms in total. The third-order valence-corrected chi connectivity index (χ3v) is 5.18. The van der Waals surface area contributed by atoms with Gasteiger partial charge in [-0.15, -0.1) is 0 Å². The van der Waals surface area contributed by atoms with Crippen molar-refractivity contribution < 1.29 is 18.3 Å². The number of nitrogens with one attached hydrogen (secondary N) is 1. The molecule has 6 N–H and O–H groups in total. The number of carbonyl (C=O) groups excluding carboxylic acids is 1. The molecule has 8 heteroatoms. The van der Waals surface area contributed by atoms with E-state index in [1.54, 1.807) is 0 Å². The molecule has 0 saturated heterocycles. The molecule has 1 amide bonds. The lowest BCUT2D eigenvalue weighted by Crippen LogP contribution is -2.40. The van der Waals surface area contributed by atoms with Gasteiger partial charge in [0.05, 0.1) is 11.3 Å². The highest BCUT2D eigenvalue weighted by Crippen LogP contribution is 2.29. The number of rotatable bonds is 5. The third-order valence-electron chi connectivity index (χ3n) is 3.71. The minimum Gasteiger partial charge on any atom is -0.398 e. The standard InChI is InChI=1S/C13H19N3O4S/c14-10-7-9(12(15)17)3-4-11(10)21(19,20)16-8-13(18)5-1-2-6-13/h3-4,7,16,18H,1-2,5-6,8,14H2,(H2,15,17). The maximum Gasteiger partial charge on any atom is 0.248 e. The van der Waals surface area contributed by atoms with E-state index in [0.29, 0.717) is 12.8 Å². The molecule has 1 aromatic carbocycles. The van der Waals surface area contributed by atoms with Gasteiger partial charge in [-0.1, -0.05) is 12.8 Å². The van der Waals surface area contributed by atoms with Crippen LogP contribution in [0.1, 0.15) is 36.0 Å². The minimum absolute atomic E-state index is 0.0493. The molecule has 1 aliphatic rings. The van der Waals surface area contributed by atoms with Crippen molar-refractivity contribution in [3.63, 3.8) is 0 Å². The Bertz CT molecular complexity index is 651. The molecule has 0 aromatic heterocycles. The fourth-order valence-electron chi connectivity index (χ4n) is 2.46. The normalized spacial score (nSPS) is 17.8. The van der Waals surface area contributed by atoms with Gasteiger partial charge in [0.2, 0.25) is 15.9 Å². The molecule has 0 radical (unpaired) electrons. The van der Waals surface area contributed by atoms with Crippen molar-refractivity contribution in [3.05, 3.63) is 23.8 Å². The first kappa shape index (κ1) is 15.7. The van der Waals surface area contributed by atoms with Crippen molar-refractivity contribution in [2.24, 2.45) is 5.73 Å². The monoisotopic (exact) mass is 313 g/mol. The highest BCUT2D eigenvalue weighted by molar-refractivity contribution is 7.89. The minimum atomic E-state index is -3.85. The fraction of sp³-hybridized carbons (Fsp3) is 0.462. The van der Waals surface area contributed by atoms with Crippen LogP contribution >= 0.6 is 0 Å². The van der Waals surface area contributed by atoms with Gasteiger partial charge >= 0.3 is 0 Å². The number of sulfonamides is 1. The van der Waals surface area contributed by atoms with Crippen LogP contribution in [0.2, 0.25) is 0 Å². The van der Waals surface area contributed by atoms with E-state index in [1.807, 2.05) is 0 Å². The van der Waals surface area contributed by atoms with E-state index in [4.69, 9.17) is 11.5 Å². The zero-order valence-corrected chi connectivity index (χ0v) is 12.3. The van der Waals surface area contributed by atoms with Crippen LogP contribution in [0.15, 0.2) is 23.1 Å². The average molecular weight is 313 g/mol. The molecule has 21 heavy (non-hydrogen) atoms.